The van der Waals surface area contributed by atoms with Crippen LogP contribution in [0.3, 0.4) is 0 Å². The lowest BCUT2D eigenvalue weighted by Gasteiger charge is -2.20. The van der Waals surface area contributed by atoms with Crippen molar-refractivity contribution in [1.29, 1.82) is 0 Å². The average molecular weight is 413 g/mol. The standard InChI is InChI=1S/C15H17BrN4O3S/c1-15(2,3)18-13(22)17-11(21)8-24-14-20-19-12(23-14)9-4-6-10(16)7-5-9/h4-7H,8H2,1-3H3,(H2,17,18,21,22). The summed E-state index contributed by atoms with van der Waals surface area (Å²) in [4.78, 5) is 23.3. The molecule has 0 fully saturated rings. The largest absolute Gasteiger partial charge is 0.411 e. The normalized spacial score (nSPS) is 11.2. The zero-order valence-corrected chi connectivity index (χ0v) is 15.8. The number of benzene rings is 1. The summed E-state index contributed by atoms with van der Waals surface area (Å²) >= 11 is 4.42. The van der Waals surface area contributed by atoms with E-state index in [4.69, 9.17) is 4.42 Å². The number of imide groups is 1. The Labute approximate surface area is 152 Å². The van der Waals surface area contributed by atoms with Crippen molar-refractivity contribution in [1.82, 2.24) is 20.8 Å². The number of hydrogen-bond donors (Lipinski definition) is 2. The minimum atomic E-state index is -0.533. The lowest BCUT2D eigenvalue weighted by molar-refractivity contribution is -0.117. The van der Waals surface area contributed by atoms with Crippen LogP contribution in [-0.4, -0.2) is 33.4 Å². The number of thioether (sulfide) groups is 1. The summed E-state index contributed by atoms with van der Waals surface area (Å²) in [6.07, 6.45) is 0. The van der Waals surface area contributed by atoms with Gasteiger partial charge in [0.15, 0.2) is 0 Å². The van der Waals surface area contributed by atoms with Crippen LogP contribution in [0.4, 0.5) is 4.79 Å². The van der Waals surface area contributed by atoms with E-state index in [1.165, 1.54) is 0 Å². The maximum Gasteiger partial charge on any atom is 0.321 e. The summed E-state index contributed by atoms with van der Waals surface area (Å²) in [6.45, 7) is 5.48. The molecule has 1 aromatic carbocycles. The van der Waals surface area contributed by atoms with Crippen molar-refractivity contribution in [2.45, 2.75) is 31.5 Å². The Morgan fingerprint density at radius 2 is 1.88 bits per heavy atom. The van der Waals surface area contributed by atoms with Crippen LogP contribution in [0.2, 0.25) is 0 Å². The third-order valence-electron chi connectivity index (χ3n) is 2.57. The molecule has 0 aliphatic rings. The first kappa shape index (κ1) is 18.5. The molecule has 0 spiro atoms. The highest BCUT2D eigenvalue weighted by Gasteiger charge is 2.17. The van der Waals surface area contributed by atoms with Gasteiger partial charge in [-0.2, -0.15) is 0 Å². The van der Waals surface area contributed by atoms with Crippen molar-refractivity contribution in [2.24, 2.45) is 0 Å². The molecule has 0 radical (unpaired) electrons. The van der Waals surface area contributed by atoms with E-state index in [9.17, 15) is 9.59 Å². The van der Waals surface area contributed by atoms with E-state index in [1.54, 1.807) is 0 Å². The van der Waals surface area contributed by atoms with E-state index in [0.717, 1.165) is 21.8 Å². The highest BCUT2D eigenvalue weighted by atomic mass is 79.9. The van der Waals surface area contributed by atoms with Gasteiger partial charge in [-0.05, 0) is 45.0 Å². The highest BCUT2D eigenvalue weighted by Crippen LogP contribution is 2.24. The molecule has 1 heterocycles. The molecular weight excluding hydrogens is 396 g/mol. The van der Waals surface area contributed by atoms with Crippen LogP contribution >= 0.6 is 27.7 Å². The van der Waals surface area contributed by atoms with Gasteiger partial charge >= 0.3 is 6.03 Å². The lowest BCUT2D eigenvalue weighted by atomic mass is 10.1. The van der Waals surface area contributed by atoms with E-state index in [0.29, 0.717) is 5.89 Å². The first-order valence-corrected chi connectivity index (χ1v) is 8.85. The number of urea groups is 1. The Morgan fingerprint density at radius 1 is 1.21 bits per heavy atom. The Kier molecular flexibility index (Phi) is 6.00. The molecule has 24 heavy (non-hydrogen) atoms. The minimum absolute atomic E-state index is 0.000462. The fraction of sp³-hybridized carbons (Fsp3) is 0.333. The van der Waals surface area contributed by atoms with Gasteiger partial charge in [-0.3, -0.25) is 10.1 Å². The number of nitrogens with zero attached hydrogens (tertiary/aromatic N) is 2. The lowest BCUT2D eigenvalue weighted by Crippen LogP contribution is -2.48. The zero-order valence-electron chi connectivity index (χ0n) is 13.4. The molecule has 3 amide bonds. The Bertz CT molecular complexity index is 725. The van der Waals surface area contributed by atoms with Gasteiger partial charge in [0.1, 0.15) is 0 Å². The van der Waals surface area contributed by atoms with Gasteiger partial charge in [0.25, 0.3) is 5.22 Å². The van der Waals surface area contributed by atoms with E-state index in [1.807, 2.05) is 45.0 Å². The second-order valence-corrected chi connectivity index (χ2v) is 7.76. The zero-order chi connectivity index (χ0) is 17.7. The van der Waals surface area contributed by atoms with E-state index < -0.39 is 17.5 Å². The second kappa shape index (κ2) is 7.80. The molecule has 0 bridgehead atoms. The minimum Gasteiger partial charge on any atom is -0.411 e. The molecule has 0 atom stereocenters. The first-order chi connectivity index (χ1) is 11.2. The van der Waals surface area contributed by atoms with E-state index >= 15 is 0 Å². The van der Waals surface area contributed by atoms with Crippen LogP contribution in [0.1, 0.15) is 20.8 Å². The molecule has 2 N–H and O–H groups in total. The number of amides is 3. The summed E-state index contributed by atoms with van der Waals surface area (Å²) in [5.41, 5.74) is 0.371. The number of carbonyl (C=O) groups is 2. The molecule has 128 valence electrons. The number of aromatic nitrogens is 2. The maximum atomic E-state index is 11.7. The van der Waals surface area contributed by atoms with Crippen LogP contribution in [0, 0.1) is 0 Å². The smallest absolute Gasteiger partial charge is 0.321 e. The SMILES string of the molecule is CC(C)(C)NC(=O)NC(=O)CSc1nnc(-c2ccc(Br)cc2)o1. The van der Waals surface area contributed by atoms with Crippen molar-refractivity contribution in [2.75, 3.05) is 5.75 Å². The maximum absolute atomic E-state index is 11.7. The van der Waals surface area contributed by atoms with Crippen molar-refractivity contribution in [3.05, 3.63) is 28.7 Å². The number of rotatable bonds is 4. The van der Waals surface area contributed by atoms with Gasteiger partial charge in [0.05, 0.1) is 5.75 Å². The highest BCUT2D eigenvalue weighted by molar-refractivity contribution is 9.10. The van der Waals surface area contributed by atoms with Crippen LogP contribution in [0.25, 0.3) is 11.5 Å². The molecule has 1 aromatic heterocycles. The molecule has 0 aliphatic heterocycles. The molecule has 2 rings (SSSR count). The van der Waals surface area contributed by atoms with Gasteiger partial charge in [-0.15, -0.1) is 10.2 Å². The molecule has 7 nitrogen and oxygen atoms in total. The average Bonchev–Trinajstić information content (AvgIpc) is 2.92. The Morgan fingerprint density at radius 3 is 2.50 bits per heavy atom. The van der Waals surface area contributed by atoms with Crippen molar-refractivity contribution in [3.8, 4) is 11.5 Å². The van der Waals surface area contributed by atoms with Crippen molar-refractivity contribution in [3.63, 3.8) is 0 Å². The molecule has 9 heteroatoms. The molecular formula is C15H17BrN4O3S. The van der Waals surface area contributed by atoms with Crippen LogP contribution in [0.15, 0.2) is 38.4 Å². The van der Waals surface area contributed by atoms with Crippen LogP contribution < -0.4 is 10.6 Å². The quantitative estimate of drug-likeness (QED) is 0.748. The third-order valence-corrected chi connectivity index (χ3v) is 3.91. The fourth-order valence-corrected chi connectivity index (χ4v) is 2.47. The van der Waals surface area contributed by atoms with Gasteiger partial charge in [-0.1, -0.05) is 27.7 Å². The molecule has 0 aliphatic carbocycles. The van der Waals surface area contributed by atoms with E-state index in [2.05, 4.69) is 36.8 Å². The molecule has 2 aromatic rings. The predicted octanol–water partition coefficient (Wildman–Crippen LogP) is 3.22. The van der Waals surface area contributed by atoms with Crippen molar-refractivity contribution >= 4 is 39.6 Å². The fourth-order valence-electron chi connectivity index (χ4n) is 1.64. The topological polar surface area (TPSA) is 97.1 Å². The van der Waals surface area contributed by atoms with E-state index in [-0.39, 0.29) is 11.0 Å². The van der Waals surface area contributed by atoms with Gasteiger partial charge < -0.3 is 9.73 Å². The van der Waals surface area contributed by atoms with Gasteiger partial charge in [0, 0.05) is 15.6 Å². The van der Waals surface area contributed by atoms with Gasteiger partial charge in [0.2, 0.25) is 11.8 Å². The van der Waals surface area contributed by atoms with Crippen LogP contribution in [0.5, 0.6) is 0 Å². The van der Waals surface area contributed by atoms with Gasteiger partial charge in [-0.25, -0.2) is 4.79 Å². The summed E-state index contributed by atoms with van der Waals surface area (Å²) in [7, 11) is 0. The van der Waals surface area contributed by atoms with Crippen LogP contribution in [-0.2, 0) is 4.79 Å². The predicted molar refractivity (Wildman–Crippen MR) is 94.6 cm³/mol. The Hall–Kier alpha value is -1.87. The molecule has 0 unspecified atom stereocenters. The second-order valence-electron chi connectivity index (χ2n) is 5.92. The molecule has 0 saturated heterocycles. The first-order valence-electron chi connectivity index (χ1n) is 7.07. The van der Waals surface area contributed by atoms with Crippen molar-refractivity contribution < 1.29 is 14.0 Å². The molecule has 0 saturated carbocycles. The number of halogens is 1. The number of hydrogen-bond acceptors (Lipinski definition) is 6. The third kappa shape index (κ3) is 5.97. The number of carbonyl (C=O) groups excluding carboxylic acids is 2. The summed E-state index contributed by atoms with van der Waals surface area (Å²) in [5.74, 6) is -0.0690. The monoisotopic (exact) mass is 412 g/mol. The summed E-state index contributed by atoms with van der Waals surface area (Å²) in [5, 5.41) is 13.0. The summed E-state index contributed by atoms with van der Waals surface area (Å²) in [6, 6.07) is 6.89. The Balaban J connectivity index is 1.85. The summed E-state index contributed by atoms with van der Waals surface area (Å²) < 4.78 is 6.44. The number of nitrogens with one attached hydrogen (secondary N) is 2.